The molecule has 3 aromatic rings. The fraction of sp³-hybridized carbons (Fsp3) is 0.429. The van der Waals surface area contributed by atoms with E-state index in [1.165, 1.54) is 40.4 Å². The highest BCUT2D eigenvalue weighted by Crippen LogP contribution is 2.30. The molecule has 0 N–H and O–H groups in total. The maximum atomic E-state index is 5.09. The molecule has 0 aliphatic rings. The number of hydrogen-bond acceptors (Lipinski definition) is 2. The first-order valence-electron chi connectivity index (χ1n) is 8.98. The van der Waals surface area contributed by atoms with E-state index in [2.05, 4.69) is 44.0 Å². The van der Waals surface area contributed by atoms with Gasteiger partial charge in [0.05, 0.1) is 11.0 Å². The molecule has 0 aliphatic heterocycles. The minimum atomic E-state index is 1.04. The molecule has 23 heavy (non-hydrogen) atoms. The van der Waals surface area contributed by atoms with Crippen molar-refractivity contribution in [2.45, 2.75) is 59.3 Å². The quantitative estimate of drug-likeness (QED) is 0.551. The van der Waals surface area contributed by atoms with Gasteiger partial charge in [0.2, 0.25) is 0 Å². The maximum Gasteiger partial charge on any atom is 0.0970 e. The second kappa shape index (κ2) is 7.08. The van der Waals surface area contributed by atoms with Gasteiger partial charge in [-0.3, -0.25) is 9.97 Å². The molecule has 3 rings (SSSR count). The SMILES string of the molecule is CCCc1nc2c(ccc3cccnc32)c(CCC)c1CCC. The van der Waals surface area contributed by atoms with Crippen LogP contribution in [0.3, 0.4) is 0 Å². The molecule has 2 heterocycles. The largest absolute Gasteiger partial charge is 0.254 e. The third kappa shape index (κ3) is 2.95. The van der Waals surface area contributed by atoms with E-state index in [9.17, 15) is 0 Å². The van der Waals surface area contributed by atoms with Crippen LogP contribution in [0.15, 0.2) is 30.5 Å². The standard InChI is InChI=1S/C21H26N2/c1-4-8-16-17(9-5-2)19(10-6-3)23-21-18(16)13-12-15-11-7-14-22-20(15)21/h7,11-14H,4-6,8-10H2,1-3H3. The molecule has 0 spiro atoms. The van der Waals surface area contributed by atoms with E-state index in [4.69, 9.17) is 4.98 Å². The molecule has 0 bridgehead atoms. The van der Waals surface area contributed by atoms with Crippen LogP contribution in [0.4, 0.5) is 0 Å². The van der Waals surface area contributed by atoms with Crippen molar-refractivity contribution in [3.8, 4) is 0 Å². The fourth-order valence-electron chi connectivity index (χ4n) is 3.55. The number of fused-ring (bicyclic) bond motifs is 3. The Morgan fingerprint density at radius 2 is 1.52 bits per heavy atom. The average molecular weight is 306 g/mol. The Labute approximate surface area is 139 Å². The smallest absolute Gasteiger partial charge is 0.0970 e. The van der Waals surface area contributed by atoms with Crippen LogP contribution in [-0.4, -0.2) is 9.97 Å². The Hall–Kier alpha value is -1.96. The number of hydrogen-bond donors (Lipinski definition) is 0. The predicted molar refractivity (Wildman–Crippen MR) is 99.0 cm³/mol. The lowest BCUT2D eigenvalue weighted by Gasteiger charge is -2.17. The van der Waals surface area contributed by atoms with Crippen molar-refractivity contribution >= 4 is 21.8 Å². The summed E-state index contributed by atoms with van der Waals surface area (Å²) in [7, 11) is 0. The average Bonchev–Trinajstić information content (AvgIpc) is 2.58. The monoisotopic (exact) mass is 306 g/mol. The highest BCUT2D eigenvalue weighted by Gasteiger charge is 2.15. The molecule has 0 radical (unpaired) electrons. The first-order chi connectivity index (χ1) is 11.3. The van der Waals surface area contributed by atoms with Gasteiger partial charge in [-0.15, -0.1) is 0 Å². The number of aromatic nitrogens is 2. The van der Waals surface area contributed by atoms with Gasteiger partial charge in [0.25, 0.3) is 0 Å². The molecule has 0 amide bonds. The molecular formula is C21H26N2. The Morgan fingerprint density at radius 1 is 0.783 bits per heavy atom. The van der Waals surface area contributed by atoms with Gasteiger partial charge in [-0.2, -0.15) is 0 Å². The Morgan fingerprint density at radius 3 is 2.26 bits per heavy atom. The van der Waals surface area contributed by atoms with Gasteiger partial charge < -0.3 is 0 Å². The van der Waals surface area contributed by atoms with Crippen molar-refractivity contribution in [2.75, 3.05) is 0 Å². The number of benzene rings is 1. The summed E-state index contributed by atoms with van der Waals surface area (Å²) < 4.78 is 0. The van der Waals surface area contributed by atoms with Crippen molar-refractivity contribution in [3.05, 3.63) is 47.3 Å². The van der Waals surface area contributed by atoms with Crippen LogP contribution in [0, 0.1) is 0 Å². The predicted octanol–water partition coefficient (Wildman–Crippen LogP) is 5.64. The molecule has 2 nitrogen and oxygen atoms in total. The van der Waals surface area contributed by atoms with Gasteiger partial charge in [0.1, 0.15) is 0 Å². The molecular weight excluding hydrogens is 280 g/mol. The van der Waals surface area contributed by atoms with Crippen molar-refractivity contribution in [1.82, 2.24) is 9.97 Å². The van der Waals surface area contributed by atoms with Gasteiger partial charge in [0.15, 0.2) is 0 Å². The summed E-state index contributed by atoms with van der Waals surface area (Å²) in [6.07, 6.45) is 8.68. The van der Waals surface area contributed by atoms with E-state index in [0.717, 1.165) is 36.7 Å². The van der Waals surface area contributed by atoms with E-state index in [1.54, 1.807) is 0 Å². The van der Waals surface area contributed by atoms with Crippen molar-refractivity contribution in [1.29, 1.82) is 0 Å². The zero-order valence-electron chi connectivity index (χ0n) is 14.5. The zero-order chi connectivity index (χ0) is 16.2. The van der Waals surface area contributed by atoms with Gasteiger partial charge >= 0.3 is 0 Å². The molecule has 0 aliphatic carbocycles. The molecule has 0 atom stereocenters. The van der Waals surface area contributed by atoms with Crippen molar-refractivity contribution in [3.63, 3.8) is 0 Å². The zero-order valence-corrected chi connectivity index (χ0v) is 14.5. The molecule has 0 saturated carbocycles. The molecule has 2 heteroatoms. The van der Waals surface area contributed by atoms with E-state index in [0.29, 0.717) is 0 Å². The summed E-state index contributed by atoms with van der Waals surface area (Å²) in [6, 6.07) is 8.58. The molecule has 0 unspecified atom stereocenters. The van der Waals surface area contributed by atoms with Gasteiger partial charge in [-0.25, -0.2) is 0 Å². The maximum absolute atomic E-state index is 5.09. The van der Waals surface area contributed by atoms with E-state index >= 15 is 0 Å². The van der Waals surface area contributed by atoms with Crippen molar-refractivity contribution < 1.29 is 0 Å². The summed E-state index contributed by atoms with van der Waals surface area (Å²) in [5, 5.41) is 2.49. The van der Waals surface area contributed by atoms with Crippen LogP contribution < -0.4 is 0 Å². The minimum absolute atomic E-state index is 1.04. The van der Waals surface area contributed by atoms with Crippen LogP contribution in [0.1, 0.15) is 56.9 Å². The third-order valence-electron chi connectivity index (χ3n) is 4.52. The number of nitrogens with zero attached hydrogens (tertiary/aromatic N) is 2. The topological polar surface area (TPSA) is 25.8 Å². The summed E-state index contributed by atoms with van der Waals surface area (Å²) >= 11 is 0. The number of aryl methyl sites for hydroxylation is 2. The summed E-state index contributed by atoms with van der Waals surface area (Å²) in [4.78, 5) is 9.72. The highest BCUT2D eigenvalue weighted by molar-refractivity contribution is 6.04. The lowest BCUT2D eigenvalue weighted by molar-refractivity contribution is 0.810. The summed E-state index contributed by atoms with van der Waals surface area (Å²) in [5.74, 6) is 0. The third-order valence-corrected chi connectivity index (χ3v) is 4.52. The van der Waals surface area contributed by atoms with Crippen LogP contribution in [0.25, 0.3) is 21.8 Å². The van der Waals surface area contributed by atoms with Crippen LogP contribution in [-0.2, 0) is 19.3 Å². The van der Waals surface area contributed by atoms with Gasteiger partial charge in [-0.05, 0) is 36.5 Å². The summed E-state index contributed by atoms with van der Waals surface area (Å²) in [6.45, 7) is 6.76. The van der Waals surface area contributed by atoms with Crippen LogP contribution in [0.2, 0.25) is 0 Å². The molecule has 0 saturated heterocycles. The second-order valence-electron chi connectivity index (χ2n) is 6.30. The highest BCUT2D eigenvalue weighted by atomic mass is 14.8. The Bertz CT molecular complexity index is 821. The number of pyridine rings is 2. The van der Waals surface area contributed by atoms with Gasteiger partial charge in [-0.1, -0.05) is 58.2 Å². The molecule has 1 aromatic carbocycles. The molecule has 2 aromatic heterocycles. The van der Waals surface area contributed by atoms with E-state index in [-0.39, 0.29) is 0 Å². The molecule has 120 valence electrons. The minimum Gasteiger partial charge on any atom is -0.254 e. The Balaban J connectivity index is 2.38. The Kier molecular flexibility index (Phi) is 4.90. The first-order valence-corrected chi connectivity index (χ1v) is 8.98. The lowest BCUT2D eigenvalue weighted by atomic mass is 9.92. The summed E-state index contributed by atoms with van der Waals surface area (Å²) in [5.41, 5.74) is 6.44. The molecule has 0 fully saturated rings. The van der Waals surface area contributed by atoms with Crippen molar-refractivity contribution in [2.24, 2.45) is 0 Å². The van der Waals surface area contributed by atoms with Gasteiger partial charge in [0, 0.05) is 22.7 Å². The lowest BCUT2D eigenvalue weighted by Crippen LogP contribution is -2.05. The normalized spacial score (nSPS) is 11.4. The van der Waals surface area contributed by atoms with E-state index < -0.39 is 0 Å². The van der Waals surface area contributed by atoms with Crippen LogP contribution in [0.5, 0.6) is 0 Å². The number of rotatable bonds is 6. The second-order valence-corrected chi connectivity index (χ2v) is 6.30. The fourth-order valence-corrected chi connectivity index (χ4v) is 3.55. The first kappa shape index (κ1) is 15.9. The van der Waals surface area contributed by atoms with Crippen LogP contribution >= 0.6 is 0 Å². The van der Waals surface area contributed by atoms with E-state index in [1.807, 2.05) is 12.3 Å².